The molecule has 1 saturated carbocycles. The summed E-state index contributed by atoms with van der Waals surface area (Å²) in [7, 11) is 0. The van der Waals surface area contributed by atoms with E-state index in [0.717, 1.165) is 51.6 Å². The largest absolute Gasteiger partial charge is 0.388 e. The molecule has 2 rings (SSSR count). The maximum Gasteiger partial charge on any atom is 0.223 e. The first-order valence-electron chi connectivity index (χ1n) is 7.40. The lowest BCUT2D eigenvalue weighted by Gasteiger charge is -2.29. The van der Waals surface area contributed by atoms with E-state index < -0.39 is 5.60 Å². The smallest absolute Gasteiger partial charge is 0.223 e. The van der Waals surface area contributed by atoms with Gasteiger partial charge in [0.1, 0.15) is 0 Å². The van der Waals surface area contributed by atoms with Gasteiger partial charge in [-0.05, 0) is 38.8 Å². The van der Waals surface area contributed by atoms with Crippen molar-refractivity contribution in [3.8, 4) is 0 Å². The predicted molar refractivity (Wildman–Crippen MR) is 71.3 cm³/mol. The minimum atomic E-state index is -0.654. The van der Waals surface area contributed by atoms with E-state index in [1.807, 2.05) is 0 Å². The zero-order valence-electron chi connectivity index (χ0n) is 11.2. The average molecular weight is 254 g/mol. The van der Waals surface area contributed by atoms with Gasteiger partial charge in [0, 0.05) is 12.5 Å². The second-order valence-electron chi connectivity index (χ2n) is 5.88. The molecule has 104 valence electrons. The van der Waals surface area contributed by atoms with E-state index >= 15 is 0 Å². The number of hydrogen-bond acceptors (Lipinski definition) is 3. The number of hydrogen-bond donors (Lipinski definition) is 3. The lowest BCUT2D eigenvalue weighted by atomic mass is 9.93. The molecular formula is C14H26N2O2. The highest BCUT2D eigenvalue weighted by Gasteiger charge is 2.29. The average Bonchev–Trinajstić information content (AvgIpc) is 2.62. The molecule has 0 aromatic rings. The molecule has 0 aromatic carbocycles. The molecule has 4 nitrogen and oxygen atoms in total. The fourth-order valence-corrected chi connectivity index (χ4v) is 3.04. The molecule has 0 spiro atoms. The second kappa shape index (κ2) is 6.53. The van der Waals surface area contributed by atoms with Gasteiger partial charge < -0.3 is 15.7 Å². The van der Waals surface area contributed by atoms with Crippen LogP contribution >= 0.6 is 0 Å². The Balaban J connectivity index is 1.76. The maximum atomic E-state index is 12.0. The summed E-state index contributed by atoms with van der Waals surface area (Å²) in [5.41, 5.74) is -0.654. The molecule has 2 aliphatic rings. The zero-order chi connectivity index (χ0) is 12.8. The van der Waals surface area contributed by atoms with Crippen LogP contribution < -0.4 is 10.6 Å². The topological polar surface area (TPSA) is 61.4 Å². The summed E-state index contributed by atoms with van der Waals surface area (Å²) >= 11 is 0. The van der Waals surface area contributed by atoms with Crippen molar-refractivity contribution in [1.82, 2.24) is 10.6 Å². The molecule has 0 unspecified atom stereocenters. The van der Waals surface area contributed by atoms with E-state index in [1.165, 1.54) is 12.8 Å². The Kier molecular flexibility index (Phi) is 5.01. The molecule has 0 atom stereocenters. The third kappa shape index (κ3) is 3.95. The van der Waals surface area contributed by atoms with Crippen molar-refractivity contribution < 1.29 is 9.90 Å². The van der Waals surface area contributed by atoms with Gasteiger partial charge in [0.2, 0.25) is 5.91 Å². The Bertz CT molecular complexity index is 267. The Morgan fingerprint density at radius 2 is 1.78 bits per heavy atom. The molecule has 0 aromatic heterocycles. The van der Waals surface area contributed by atoms with Crippen molar-refractivity contribution in [2.45, 2.75) is 57.0 Å². The van der Waals surface area contributed by atoms with Crippen LogP contribution in [0.5, 0.6) is 0 Å². The van der Waals surface area contributed by atoms with Crippen LogP contribution in [0.15, 0.2) is 0 Å². The molecule has 18 heavy (non-hydrogen) atoms. The third-order valence-electron chi connectivity index (χ3n) is 4.34. The van der Waals surface area contributed by atoms with Crippen LogP contribution in [-0.4, -0.2) is 36.2 Å². The standard InChI is InChI=1S/C14H26N2O2/c17-13(12-5-9-15-10-6-12)16-11-14(18)7-3-1-2-4-8-14/h12,15,18H,1-11H2,(H,16,17). The van der Waals surface area contributed by atoms with E-state index in [4.69, 9.17) is 0 Å². The van der Waals surface area contributed by atoms with Gasteiger partial charge in [0.25, 0.3) is 0 Å². The van der Waals surface area contributed by atoms with Gasteiger partial charge in [0.15, 0.2) is 0 Å². The van der Waals surface area contributed by atoms with Gasteiger partial charge in [-0.1, -0.05) is 25.7 Å². The Morgan fingerprint density at radius 3 is 2.39 bits per heavy atom. The summed E-state index contributed by atoms with van der Waals surface area (Å²) in [5, 5.41) is 16.7. The van der Waals surface area contributed by atoms with Gasteiger partial charge in [0.05, 0.1) is 5.60 Å². The summed E-state index contributed by atoms with van der Waals surface area (Å²) in [6.45, 7) is 2.31. The van der Waals surface area contributed by atoms with Crippen LogP contribution in [0.3, 0.4) is 0 Å². The molecule has 2 fully saturated rings. The lowest BCUT2D eigenvalue weighted by molar-refractivity contribution is -0.127. The molecule has 1 amide bonds. The highest BCUT2D eigenvalue weighted by Crippen LogP contribution is 2.26. The van der Waals surface area contributed by atoms with E-state index in [0.29, 0.717) is 6.54 Å². The molecule has 1 aliphatic heterocycles. The van der Waals surface area contributed by atoms with Crippen molar-refractivity contribution in [2.24, 2.45) is 5.92 Å². The van der Waals surface area contributed by atoms with Crippen molar-refractivity contribution in [2.75, 3.05) is 19.6 Å². The number of nitrogens with one attached hydrogen (secondary N) is 2. The summed E-state index contributed by atoms with van der Waals surface area (Å²) in [4.78, 5) is 12.0. The molecule has 0 radical (unpaired) electrons. The number of carbonyl (C=O) groups is 1. The van der Waals surface area contributed by atoms with E-state index in [2.05, 4.69) is 10.6 Å². The number of piperidine rings is 1. The van der Waals surface area contributed by atoms with Crippen LogP contribution in [0, 0.1) is 5.92 Å². The quantitative estimate of drug-likeness (QED) is 0.663. The van der Waals surface area contributed by atoms with Gasteiger partial charge in [-0.2, -0.15) is 0 Å². The first kappa shape index (κ1) is 13.8. The summed E-state index contributed by atoms with van der Waals surface area (Å²) < 4.78 is 0. The summed E-state index contributed by atoms with van der Waals surface area (Å²) in [6, 6.07) is 0. The lowest BCUT2D eigenvalue weighted by Crippen LogP contribution is -2.46. The number of carbonyl (C=O) groups excluding carboxylic acids is 1. The maximum absolute atomic E-state index is 12.0. The van der Waals surface area contributed by atoms with Crippen molar-refractivity contribution in [1.29, 1.82) is 0 Å². The van der Waals surface area contributed by atoms with Crippen LogP contribution in [0.2, 0.25) is 0 Å². The van der Waals surface area contributed by atoms with Gasteiger partial charge in [-0.3, -0.25) is 4.79 Å². The van der Waals surface area contributed by atoms with Crippen LogP contribution in [0.1, 0.15) is 51.4 Å². The van der Waals surface area contributed by atoms with Crippen LogP contribution in [0.25, 0.3) is 0 Å². The van der Waals surface area contributed by atoms with Crippen molar-refractivity contribution in [3.05, 3.63) is 0 Å². The summed E-state index contributed by atoms with van der Waals surface area (Å²) in [5.74, 6) is 0.273. The Morgan fingerprint density at radius 1 is 1.17 bits per heavy atom. The zero-order valence-corrected chi connectivity index (χ0v) is 11.2. The number of amides is 1. The van der Waals surface area contributed by atoms with Crippen LogP contribution in [-0.2, 0) is 4.79 Å². The van der Waals surface area contributed by atoms with Crippen molar-refractivity contribution >= 4 is 5.91 Å². The monoisotopic (exact) mass is 254 g/mol. The highest BCUT2D eigenvalue weighted by molar-refractivity contribution is 5.78. The molecule has 1 aliphatic carbocycles. The normalized spacial score (nSPS) is 25.4. The van der Waals surface area contributed by atoms with Gasteiger partial charge in [-0.25, -0.2) is 0 Å². The molecular weight excluding hydrogens is 228 g/mol. The van der Waals surface area contributed by atoms with Crippen LogP contribution in [0.4, 0.5) is 0 Å². The van der Waals surface area contributed by atoms with E-state index in [9.17, 15) is 9.90 Å². The van der Waals surface area contributed by atoms with Gasteiger partial charge in [-0.15, -0.1) is 0 Å². The van der Waals surface area contributed by atoms with Crippen molar-refractivity contribution in [3.63, 3.8) is 0 Å². The molecule has 1 heterocycles. The van der Waals surface area contributed by atoms with E-state index in [1.54, 1.807) is 0 Å². The third-order valence-corrected chi connectivity index (χ3v) is 4.34. The highest BCUT2D eigenvalue weighted by atomic mass is 16.3. The first-order chi connectivity index (χ1) is 8.70. The number of aliphatic hydroxyl groups is 1. The first-order valence-corrected chi connectivity index (χ1v) is 7.40. The SMILES string of the molecule is O=C(NCC1(O)CCCCCC1)C1CCNCC1. The minimum Gasteiger partial charge on any atom is -0.388 e. The molecule has 4 heteroatoms. The fraction of sp³-hybridized carbons (Fsp3) is 0.929. The molecule has 0 bridgehead atoms. The van der Waals surface area contributed by atoms with E-state index in [-0.39, 0.29) is 11.8 Å². The predicted octanol–water partition coefficient (Wildman–Crippen LogP) is 1.19. The molecule has 1 saturated heterocycles. The second-order valence-corrected chi connectivity index (χ2v) is 5.88. The Hall–Kier alpha value is -0.610. The Labute approximate surface area is 110 Å². The molecule has 3 N–H and O–H groups in total. The summed E-state index contributed by atoms with van der Waals surface area (Å²) in [6.07, 6.45) is 8.10. The fourth-order valence-electron chi connectivity index (χ4n) is 3.04. The minimum absolute atomic E-state index is 0.133. The number of rotatable bonds is 3. The van der Waals surface area contributed by atoms with Gasteiger partial charge >= 0.3 is 0 Å².